The molecule has 1 fully saturated rings. The molecule has 0 saturated carbocycles. The molecule has 1 saturated heterocycles. The summed E-state index contributed by atoms with van der Waals surface area (Å²) in [6, 6.07) is 6.47. The summed E-state index contributed by atoms with van der Waals surface area (Å²) in [5.74, 6) is 0.737. The van der Waals surface area contributed by atoms with Crippen LogP contribution in [-0.4, -0.2) is 31.1 Å². The SMILES string of the molecule is CC(Nc1ccc(Br)cc1Cl)C1CCN(C)CC1. The van der Waals surface area contributed by atoms with Gasteiger partial charge in [-0.2, -0.15) is 0 Å². The first kappa shape index (κ1) is 14.2. The van der Waals surface area contributed by atoms with E-state index in [-0.39, 0.29) is 0 Å². The second kappa shape index (κ2) is 6.27. The van der Waals surface area contributed by atoms with Gasteiger partial charge in [0.1, 0.15) is 0 Å². The minimum atomic E-state index is 0.470. The average Bonchev–Trinajstić information content (AvgIpc) is 2.33. The maximum atomic E-state index is 6.23. The zero-order chi connectivity index (χ0) is 13.1. The van der Waals surface area contributed by atoms with Crippen LogP contribution in [0.3, 0.4) is 0 Å². The zero-order valence-corrected chi connectivity index (χ0v) is 13.3. The molecule has 0 aliphatic carbocycles. The number of anilines is 1. The first-order valence-corrected chi connectivity index (χ1v) is 7.63. The third-order valence-electron chi connectivity index (χ3n) is 3.78. The highest BCUT2D eigenvalue weighted by atomic mass is 79.9. The Morgan fingerprint density at radius 3 is 2.67 bits per heavy atom. The average molecular weight is 332 g/mol. The third-order valence-corrected chi connectivity index (χ3v) is 4.59. The van der Waals surface area contributed by atoms with Crippen LogP contribution in [0.5, 0.6) is 0 Å². The summed E-state index contributed by atoms with van der Waals surface area (Å²) in [5, 5.41) is 4.33. The van der Waals surface area contributed by atoms with Gasteiger partial charge in [-0.05, 0) is 64.0 Å². The van der Waals surface area contributed by atoms with E-state index >= 15 is 0 Å². The van der Waals surface area contributed by atoms with E-state index < -0.39 is 0 Å². The number of benzene rings is 1. The maximum Gasteiger partial charge on any atom is 0.0648 e. The molecule has 1 unspecified atom stereocenters. The Morgan fingerprint density at radius 1 is 1.39 bits per heavy atom. The lowest BCUT2D eigenvalue weighted by Gasteiger charge is -2.33. The summed E-state index contributed by atoms with van der Waals surface area (Å²) >= 11 is 9.66. The second-order valence-corrected chi connectivity index (χ2v) is 6.52. The molecule has 18 heavy (non-hydrogen) atoms. The molecule has 1 aliphatic rings. The van der Waals surface area contributed by atoms with Crippen molar-refractivity contribution in [1.82, 2.24) is 4.90 Å². The van der Waals surface area contributed by atoms with Crippen LogP contribution in [0.1, 0.15) is 19.8 Å². The molecule has 100 valence electrons. The predicted octanol–water partition coefficient (Wildman–Crippen LogP) is 4.24. The fraction of sp³-hybridized carbons (Fsp3) is 0.571. The number of likely N-dealkylation sites (tertiary alicyclic amines) is 1. The van der Waals surface area contributed by atoms with Gasteiger partial charge in [0.05, 0.1) is 10.7 Å². The fourth-order valence-electron chi connectivity index (χ4n) is 2.50. The monoisotopic (exact) mass is 330 g/mol. The van der Waals surface area contributed by atoms with Crippen molar-refractivity contribution in [1.29, 1.82) is 0 Å². The van der Waals surface area contributed by atoms with E-state index in [0.717, 1.165) is 21.1 Å². The molecular formula is C14H20BrClN2. The summed E-state index contributed by atoms with van der Waals surface area (Å²) in [7, 11) is 2.19. The Kier molecular flexibility index (Phi) is 4.93. The molecule has 0 amide bonds. The summed E-state index contributed by atoms with van der Waals surface area (Å²) in [5.41, 5.74) is 1.03. The minimum absolute atomic E-state index is 0.470. The smallest absolute Gasteiger partial charge is 0.0648 e. The van der Waals surface area contributed by atoms with Crippen LogP contribution in [-0.2, 0) is 0 Å². The molecule has 1 aromatic carbocycles. The lowest BCUT2D eigenvalue weighted by molar-refractivity contribution is 0.208. The van der Waals surface area contributed by atoms with Crippen molar-refractivity contribution in [3.05, 3.63) is 27.7 Å². The maximum absolute atomic E-state index is 6.23. The minimum Gasteiger partial charge on any atom is -0.381 e. The van der Waals surface area contributed by atoms with Crippen LogP contribution in [0.4, 0.5) is 5.69 Å². The Labute approximate surface area is 123 Å². The normalized spacial score (nSPS) is 19.8. The Hall–Kier alpha value is -0.250. The summed E-state index contributed by atoms with van der Waals surface area (Å²) in [4.78, 5) is 2.40. The van der Waals surface area contributed by atoms with Crippen molar-refractivity contribution in [3.8, 4) is 0 Å². The number of nitrogens with zero attached hydrogens (tertiary/aromatic N) is 1. The van der Waals surface area contributed by atoms with Crippen molar-refractivity contribution in [2.75, 3.05) is 25.5 Å². The molecule has 0 spiro atoms. The van der Waals surface area contributed by atoms with Crippen molar-refractivity contribution in [3.63, 3.8) is 0 Å². The van der Waals surface area contributed by atoms with Gasteiger partial charge in [-0.3, -0.25) is 0 Å². The molecule has 1 atom stereocenters. The summed E-state index contributed by atoms with van der Waals surface area (Å²) in [6.07, 6.45) is 2.53. The highest BCUT2D eigenvalue weighted by molar-refractivity contribution is 9.10. The van der Waals surface area contributed by atoms with Gasteiger partial charge in [0.2, 0.25) is 0 Å². The third kappa shape index (κ3) is 3.62. The van der Waals surface area contributed by atoms with Gasteiger partial charge in [0.15, 0.2) is 0 Å². The van der Waals surface area contributed by atoms with Crippen LogP contribution in [0.25, 0.3) is 0 Å². The van der Waals surface area contributed by atoms with Gasteiger partial charge in [-0.25, -0.2) is 0 Å². The van der Waals surface area contributed by atoms with Crippen molar-refractivity contribution in [2.45, 2.75) is 25.8 Å². The standard InChI is InChI=1S/C14H20BrClN2/c1-10(11-5-7-18(2)8-6-11)17-14-4-3-12(15)9-13(14)16/h3-4,9-11,17H,5-8H2,1-2H3. The molecule has 2 nitrogen and oxygen atoms in total. The van der Waals surface area contributed by atoms with E-state index in [2.05, 4.69) is 40.1 Å². The van der Waals surface area contributed by atoms with E-state index in [9.17, 15) is 0 Å². The van der Waals surface area contributed by atoms with Gasteiger partial charge in [-0.15, -0.1) is 0 Å². The number of hydrogen-bond acceptors (Lipinski definition) is 2. The number of rotatable bonds is 3. The van der Waals surface area contributed by atoms with E-state index in [1.807, 2.05) is 18.2 Å². The molecule has 4 heteroatoms. The molecule has 2 rings (SSSR count). The number of nitrogens with one attached hydrogen (secondary N) is 1. The number of halogens is 2. The van der Waals surface area contributed by atoms with E-state index in [1.165, 1.54) is 25.9 Å². The fourth-order valence-corrected chi connectivity index (χ4v) is 3.23. The van der Waals surface area contributed by atoms with Crippen molar-refractivity contribution >= 4 is 33.2 Å². The highest BCUT2D eigenvalue weighted by Gasteiger charge is 2.22. The lowest BCUT2D eigenvalue weighted by atomic mass is 9.90. The zero-order valence-electron chi connectivity index (χ0n) is 10.9. The van der Waals surface area contributed by atoms with Gasteiger partial charge >= 0.3 is 0 Å². The predicted molar refractivity (Wildman–Crippen MR) is 82.5 cm³/mol. The number of piperidine rings is 1. The van der Waals surface area contributed by atoms with E-state index in [0.29, 0.717) is 6.04 Å². The van der Waals surface area contributed by atoms with E-state index in [4.69, 9.17) is 11.6 Å². The summed E-state index contributed by atoms with van der Waals surface area (Å²) in [6.45, 7) is 4.66. The highest BCUT2D eigenvalue weighted by Crippen LogP contribution is 2.29. The molecule has 0 bridgehead atoms. The summed E-state index contributed by atoms with van der Waals surface area (Å²) < 4.78 is 1.02. The van der Waals surface area contributed by atoms with Crippen molar-refractivity contribution in [2.24, 2.45) is 5.92 Å². The molecule has 1 aromatic rings. The first-order valence-electron chi connectivity index (χ1n) is 6.46. The van der Waals surface area contributed by atoms with Crippen LogP contribution < -0.4 is 5.32 Å². The molecule has 0 radical (unpaired) electrons. The Bertz CT molecular complexity index is 403. The van der Waals surface area contributed by atoms with Crippen molar-refractivity contribution < 1.29 is 0 Å². The Morgan fingerprint density at radius 2 is 2.06 bits per heavy atom. The lowest BCUT2D eigenvalue weighted by Crippen LogP contribution is -2.37. The topological polar surface area (TPSA) is 15.3 Å². The van der Waals surface area contributed by atoms with Crippen LogP contribution in [0.2, 0.25) is 5.02 Å². The largest absolute Gasteiger partial charge is 0.381 e. The molecule has 0 aromatic heterocycles. The van der Waals surface area contributed by atoms with Gasteiger partial charge in [0.25, 0.3) is 0 Å². The molecule has 1 N–H and O–H groups in total. The Balaban J connectivity index is 1.96. The molecule has 1 heterocycles. The van der Waals surface area contributed by atoms with Crippen LogP contribution >= 0.6 is 27.5 Å². The molecular weight excluding hydrogens is 312 g/mol. The first-order chi connectivity index (χ1) is 8.56. The van der Waals surface area contributed by atoms with Gasteiger partial charge < -0.3 is 10.2 Å². The van der Waals surface area contributed by atoms with Gasteiger partial charge in [0, 0.05) is 10.5 Å². The van der Waals surface area contributed by atoms with Gasteiger partial charge in [-0.1, -0.05) is 27.5 Å². The number of hydrogen-bond donors (Lipinski definition) is 1. The second-order valence-electron chi connectivity index (χ2n) is 5.20. The quantitative estimate of drug-likeness (QED) is 0.891. The van der Waals surface area contributed by atoms with Crippen LogP contribution in [0.15, 0.2) is 22.7 Å². The van der Waals surface area contributed by atoms with E-state index in [1.54, 1.807) is 0 Å². The van der Waals surface area contributed by atoms with Crippen LogP contribution in [0, 0.1) is 5.92 Å². The molecule has 1 aliphatic heterocycles.